The zero-order valence-corrected chi connectivity index (χ0v) is 12.1. The van der Waals surface area contributed by atoms with Crippen molar-refractivity contribution in [3.63, 3.8) is 0 Å². The summed E-state index contributed by atoms with van der Waals surface area (Å²) in [5.74, 6) is -0.229. The van der Waals surface area contributed by atoms with E-state index >= 15 is 0 Å². The zero-order valence-electron chi connectivity index (χ0n) is 9.91. The summed E-state index contributed by atoms with van der Waals surface area (Å²) in [4.78, 5) is 2.02. The van der Waals surface area contributed by atoms with Crippen LogP contribution < -0.4 is 10.6 Å². The Morgan fingerprint density at radius 2 is 2.24 bits per heavy atom. The Bertz CT molecular complexity index is 427. The number of benzene rings is 1. The van der Waals surface area contributed by atoms with E-state index in [9.17, 15) is 4.39 Å². The number of anilines is 2. The summed E-state index contributed by atoms with van der Waals surface area (Å²) in [6, 6.07) is 3.43. The fourth-order valence-corrected chi connectivity index (χ4v) is 2.76. The smallest absolute Gasteiger partial charge is 0.138 e. The summed E-state index contributed by atoms with van der Waals surface area (Å²) in [5, 5.41) is 0. The number of nitrogens with zero attached hydrogens (tertiary/aromatic N) is 1. The lowest BCUT2D eigenvalue weighted by Gasteiger charge is -2.30. The largest absolute Gasteiger partial charge is 0.397 e. The van der Waals surface area contributed by atoms with E-state index in [1.807, 2.05) is 41.5 Å². The van der Waals surface area contributed by atoms with Crippen LogP contribution in [0.3, 0.4) is 0 Å². The Balaban J connectivity index is 2.30. The molecule has 1 heterocycles. The van der Waals surface area contributed by atoms with Gasteiger partial charge in [0.15, 0.2) is 0 Å². The molecule has 1 aromatic rings. The van der Waals surface area contributed by atoms with Crippen LogP contribution in [0.1, 0.15) is 13.3 Å². The van der Waals surface area contributed by atoms with Gasteiger partial charge in [0, 0.05) is 19.7 Å². The minimum Gasteiger partial charge on any atom is -0.397 e. The van der Waals surface area contributed by atoms with E-state index in [1.165, 1.54) is 6.07 Å². The monoisotopic (exact) mass is 350 g/mol. The zero-order chi connectivity index (χ0) is 12.6. The Morgan fingerprint density at radius 3 is 2.82 bits per heavy atom. The van der Waals surface area contributed by atoms with Crippen LogP contribution in [0.25, 0.3) is 0 Å². The lowest BCUT2D eigenvalue weighted by molar-refractivity contribution is 0.118. The highest BCUT2D eigenvalue weighted by Gasteiger charge is 2.29. The highest BCUT2D eigenvalue weighted by Crippen LogP contribution is 2.31. The molecule has 0 amide bonds. The molecule has 2 unspecified atom stereocenters. The van der Waals surface area contributed by atoms with E-state index in [0.717, 1.165) is 18.7 Å². The molecule has 0 saturated carbocycles. The summed E-state index contributed by atoms with van der Waals surface area (Å²) >= 11 is 1.94. The molecule has 2 atom stereocenters. The van der Waals surface area contributed by atoms with Crippen molar-refractivity contribution < 1.29 is 9.13 Å². The average molecular weight is 350 g/mol. The van der Waals surface area contributed by atoms with Gasteiger partial charge in [-0.15, -0.1) is 0 Å². The number of hydrogen-bond donors (Lipinski definition) is 1. The van der Waals surface area contributed by atoms with Crippen LogP contribution in [-0.4, -0.2) is 25.8 Å². The molecule has 1 aliphatic heterocycles. The fourth-order valence-electron chi connectivity index (χ4n) is 2.26. The van der Waals surface area contributed by atoms with Gasteiger partial charge in [0.1, 0.15) is 5.82 Å². The number of halogens is 2. The molecule has 1 fully saturated rings. The van der Waals surface area contributed by atoms with Gasteiger partial charge in [-0.3, -0.25) is 0 Å². The standard InChI is InChI=1S/C12H16FIN2O/c1-7-11(3-4-17-7)16(2)12-5-8(13)9(14)6-10(12)15/h5-7,11H,3-4,15H2,1-2H3. The summed E-state index contributed by atoms with van der Waals surface area (Å²) < 4.78 is 19.7. The Morgan fingerprint density at radius 1 is 1.53 bits per heavy atom. The van der Waals surface area contributed by atoms with Crippen LogP contribution in [0.4, 0.5) is 15.8 Å². The van der Waals surface area contributed by atoms with Crippen molar-refractivity contribution in [3.05, 3.63) is 21.5 Å². The van der Waals surface area contributed by atoms with Gasteiger partial charge in [-0.05, 0) is 42.0 Å². The highest BCUT2D eigenvalue weighted by atomic mass is 127. The predicted molar refractivity (Wildman–Crippen MR) is 75.8 cm³/mol. The van der Waals surface area contributed by atoms with E-state index in [0.29, 0.717) is 9.26 Å². The van der Waals surface area contributed by atoms with Gasteiger partial charge in [-0.2, -0.15) is 0 Å². The van der Waals surface area contributed by atoms with Gasteiger partial charge in [0.05, 0.1) is 27.1 Å². The molecular weight excluding hydrogens is 334 g/mol. The first-order valence-corrected chi connectivity index (χ1v) is 6.67. The van der Waals surface area contributed by atoms with Crippen LogP contribution in [0.15, 0.2) is 12.1 Å². The topological polar surface area (TPSA) is 38.5 Å². The third-order valence-corrected chi connectivity index (χ3v) is 4.11. The third-order valence-electron chi connectivity index (χ3n) is 3.28. The summed E-state index contributed by atoms with van der Waals surface area (Å²) in [5.41, 5.74) is 7.30. The number of nitrogen functional groups attached to an aromatic ring is 1. The molecule has 0 bridgehead atoms. The molecule has 5 heteroatoms. The molecule has 3 nitrogen and oxygen atoms in total. The second-order valence-electron chi connectivity index (χ2n) is 4.37. The molecule has 2 N–H and O–H groups in total. The molecule has 1 aromatic carbocycles. The maximum absolute atomic E-state index is 13.6. The Labute approximate surface area is 114 Å². The lowest BCUT2D eigenvalue weighted by atomic mass is 10.1. The molecule has 94 valence electrons. The number of ether oxygens (including phenoxy) is 1. The molecule has 0 aromatic heterocycles. The van der Waals surface area contributed by atoms with Crippen LogP contribution in [0.2, 0.25) is 0 Å². The molecule has 0 aliphatic carbocycles. The molecule has 17 heavy (non-hydrogen) atoms. The van der Waals surface area contributed by atoms with Crippen LogP contribution >= 0.6 is 22.6 Å². The number of hydrogen-bond acceptors (Lipinski definition) is 3. The second-order valence-corrected chi connectivity index (χ2v) is 5.53. The molecule has 2 rings (SSSR count). The van der Waals surface area contributed by atoms with Crippen LogP contribution in [-0.2, 0) is 4.74 Å². The van der Waals surface area contributed by atoms with Crippen molar-refractivity contribution in [2.75, 3.05) is 24.3 Å². The Kier molecular flexibility index (Phi) is 3.77. The van der Waals surface area contributed by atoms with Crippen molar-refractivity contribution in [3.8, 4) is 0 Å². The molecule has 0 spiro atoms. The number of rotatable bonds is 2. The maximum atomic E-state index is 13.6. The maximum Gasteiger partial charge on any atom is 0.138 e. The third kappa shape index (κ3) is 2.49. The van der Waals surface area contributed by atoms with Crippen molar-refractivity contribution in [1.29, 1.82) is 0 Å². The average Bonchev–Trinajstić information content (AvgIpc) is 2.69. The van der Waals surface area contributed by atoms with E-state index in [4.69, 9.17) is 10.5 Å². The molecule has 0 radical (unpaired) electrons. The van der Waals surface area contributed by atoms with Crippen molar-refractivity contribution >= 4 is 34.0 Å². The second kappa shape index (κ2) is 4.97. The van der Waals surface area contributed by atoms with Crippen LogP contribution in [0, 0.1) is 9.39 Å². The highest BCUT2D eigenvalue weighted by molar-refractivity contribution is 14.1. The molecular formula is C12H16FIN2O. The number of likely N-dealkylation sites (N-methyl/N-ethyl adjacent to an activating group) is 1. The SMILES string of the molecule is CC1OCCC1N(C)c1cc(F)c(I)cc1N. The lowest BCUT2D eigenvalue weighted by Crippen LogP contribution is -2.37. The molecule has 1 aliphatic rings. The first-order valence-electron chi connectivity index (χ1n) is 5.59. The van der Waals surface area contributed by atoms with E-state index in [1.54, 1.807) is 6.07 Å². The van der Waals surface area contributed by atoms with E-state index in [2.05, 4.69) is 0 Å². The van der Waals surface area contributed by atoms with E-state index < -0.39 is 0 Å². The summed E-state index contributed by atoms with van der Waals surface area (Å²) in [6.07, 6.45) is 1.10. The quantitative estimate of drug-likeness (QED) is 0.658. The van der Waals surface area contributed by atoms with Crippen LogP contribution in [0.5, 0.6) is 0 Å². The van der Waals surface area contributed by atoms with Gasteiger partial charge in [-0.1, -0.05) is 0 Å². The van der Waals surface area contributed by atoms with Crippen molar-refractivity contribution in [2.24, 2.45) is 0 Å². The first kappa shape index (κ1) is 12.9. The van der Waals surface area contributed by atoms with E-state index in [-0.39, 0.29) is 18.0 Å². The summed E-state index contributed by atoms with van der Waals surface area (Å²) in [6.45, 7) is 2.79. The Hall–Kier alpha value is -0.560. The summed E-state index contributed by atoms with van der Waals surface area (Å²) in [7, 11) is 1.94. The van der Waals surface area contributed by atoms with Gasteiger partial charge in [0.2, 0.25) is 0 Å². The molecule has 1 saturated heterocycles. The van der Waals surface area contributed by atoms with Gasteiger partial charge >= 0.3 is 0 Å². The predicted octanol–water partition coefficient (Wildman–Crippen LogP) is 2.63. The van der Waals surface area contributed by atoms with Crippen molar-refractivity contribution in [1.82, 2.24) is 0 Å². The normalized spacial score (nSPS) is 24.0. The first-order chi connectivity index (χ1) is 8.00. The van der Waals surface area contributed by atoms with Crippen molar-refractivity contribution in [2.45, 2.75) is 25.5 Å². The fraction of sp³-hybridized carbons (Fsp3) is 0.500. The number of nitrogens with two attached hydrogens (primary N) is 1. The minimum atomic E-state index is -0.229. The minimum absolute atomic E-state index is 0.154. The van der Waals surface area contributed by atoms with Gasteiger partial charge in [0.25, 0.3) is 0 Å². The van der Waals surface area contributed by atoms with Gasteiger partial charge in [-0.25, -0.2) is 4.39 Å². The van der Waals surface area contributed by atoms with Gasteiger partial charge < -0.3 is 15.4 Å².